The van der Waals surface area contributed by atoms with Gasteiger partial charge in [-0.1, -0.05) is 30.3 Å². The molecule has 0 atom stereocenters. The summed E-state index contributed by atoms with van der Waals surface area (Å²) in [5.41, 5.74) is 3.99. The summed E-state index contributed by atoms with van der Waals surface area (Å²) in [4.78, 5) is 19.5. The highest BCUT2D eigenvalue weighted by molar-refractivity contribution is 7.09. The number of nitrogens with zero attached hydrogens (tertiary/aromatic N) is 2. The predicted octanol–water partition coefficient (Wildman–Crippen LogP) is 2.70. The summed E-state index contributed by atoms with van der Waals surface area (Å²) in [6, 6.07) is 9.88. The van der Waals surface area contributed by atoms with E-state index in [2.05, 4.69) is 4.98 Å². The quantitative estimate of drug-likeness (QED) is 0.812. The summed E-state index contributed by atoms with van der Waals surface area (Å²) >= 11 is 1.64. The molecule has 0 bridgehead atoms. The molecule has 0 N–H and O–H groups in total. The van der Waals surface area contributed by atoms with Crippen molar-refractivity contribution in [2.24, 2.45) is 0 Å². The number of aryl methyl sites for hydroxylation is 1. The van der Waals surface area contributed by atoms with Crippen molar-refractivity contribution in [1.29, 1.82) is 0 Å². The van der Waals surface area contributed by atoms with Gasteiger partial charge in [-0.3, -0.25) is 9.69 Å². The van der Waals surface area contributed by atoms with Crippen molar-refractivity contribution in [2.75, 3.05) is 13.6 Å². The summed E-state index contributed by atoms with van der Waals surface area (Å²) in [6.45, 7) is 3.27. The molecule has 0 spiro atoms. The monoisotopic (exact) mass is 274 g/mol. The maximum atomic E-state index is 12.0. The Labute approximate surface area is 117 Å². The van der Waals surface area contributed by atoms with Crippen LogP contribution in [-0.2, 0) is 17.8 Å². The average molecular weight is 274 g/mol. The summed E-state index contributed by atoms with van der Waals surface area (Å²) in [6.07, 6.45) is 0.507. The van der Waals surface area contributed by atoms with Crippen LogP contribution in [0.1, 0.15) is 16.1 Å². The van der Waals surface area contributed by atoms with Gasteiger partial charge in [0.1, 0.15) is 0 Å². The lowest BCUT2D eigenvalue weighted by atomic mass is 10.1. The Balaban J connectivity index is 1.84. The van der Waals surface area contributed by atoms with Gasteiger partial charge in [0.25, 0.3) is 0 Å². The van der Waals surface area contributed by atoms with E-state index in [4.69, 9.17) is 0 Å². The van der Waals surface area contributed by atoms with Gasteiger partial charge in [0.05, 0.1) is 17.7 Å². The van der Waals surface area contributed by atoms with Crippen molar-refractivity contribution < 1.29 is 4.79 Å². The maximum absolute atomic E-state index is 12.0. The molecule has 4 heteroatoms. The van der Waals surface area contributed by atoms with Crippen LogP contribution < -0.4 is 0 Å². The van der Waals surface area contributed by atoms with Crippen LogP contribution in [0.2, 0.25) is 0 Å². The third kappa shape index (κ3) is 4.26. The Bertz CT molecular complexity index is 536. The Morgan fingerprint density at radius 3 is 2.68 bits per heavy atom. The number of carbonyl (C=O) groups excluding carboxylic acids is 1. The van der Waals surface area contributed by atoms with Crippen LogP contribution in [-0.4, -0.2) is 29.3 Å². The first-order valence-electron chi connectivity index (χ1n) is 6.28. The second-order valence-corrected chi connectivity index (χ2v) is 5.67. The molecular weight excluding hydrogens is 256 g/mol. The minimum atomic E-state index is 0.246. The molecule has 0 aliphatic carbocycles. The second kappa shape index (κ2) is 6.59. The van der Waals surface area contributed by atoms with E-state index in [9.17, 15) is 4.79 Å². The smallest absolute Gasteiger partial charge is 0.151 e. The lowest BCUT2D eigenvalue weighted by Crippen LogP contribution is -2.26. The second-order valence-electron chi connectivity index (χ2n) is 4.73. The van der Waals surface area contributed by atoms with E-state index in [1.165, 1.54) is 4.88 Å². The summed E-state index contributed by atoms with van der Waals surface area (Å²) in [5.74, 6) is 0.246. The van der Waals surface area contributed by atoms with Crippen molar-refractivity contribution in [3.63, 3.8) is 0 Å². The van der Waals surface area contributed by atoms with E-state index >= 15 is 0 Å². The lowest BCUT2D eigenvalue weighted by molar-refractivity contribution is -0.119. The minimum Gasteiger partial charge on any atom is -0.298 e. The fourth-order valence-electron chi connectivity index (χ4n) is 1.96. The van der Waals surface area contributed by atoms with Crippen molar-refractivity contribution in [3.8, 4) is 0 Å². The first-order chi connectivity index (χ1) is 9.15. The SMILES string of the molecule is Cc1ncsc1CN(C)CC(=O)Cc1ccccc1. The van der Waals surface area contributed by atoms with E-state index in [1.54, 1.807) is 11.3 Å². The molecule has 3 nitrogen and oxygen atoms in total. The molecule has 1 heterocycles. The van der Waals surface area contributed by atoms with E-state index in [-0.39, 0.29) is 5.78 Å². The van der Waals surface area contributed by atoms with Gasteiger partial charge in [-0.05, 0) is 19.5 Å². The van der Waals surface area contributed by atoms with E-state index in [0.29, 0.717) is 13.0 Å². The predicted molar refractivity (Wildman–Crippen MR) is 78.3 cm³/mol. The standard InChI is InChI=1S/C15H18N2OS/c1-12-15(19-11-16-12)10-17(2)9-14(18)8-13-6-4-3-5-7-13/h3-7,11H,8-10H2,1-2H3. The molecule has 19 heavy (non-hydrogen) atoms. The van der Waals surface area contributed by atoms with Crippen molar-refractivity contribution in [2.45, 2.75) is 19.9 Å². The van der Waals surface area contributed by atoms with Gasteiger partial charge < -0.3 is 0 Å². The summed E-state index contributed by atoms with van der Waals surface area (Å²) in [5, 5.41) is 0. The molecule has 0 aliphatic rings. The zero-order valence-corrected chi connectivity index (χ0v) is 12.1. The Morgan fingerprint density at radius 1 is 1.32 bits per heavy atom. The van der Waals surface area contributed by atoms with E-state index in [1.807, 2.05) is 54.7 Å². The molecule has 0 saturated heterocycles. The third-order valence-corrected chi connectivity index (χ3v) is 3.87. The van der Waals surface area contributed by atoms with Crippen LogP contribution in [0.4, 0.5) is 0 Å². The highest BCUT2D eigenvalue weighted by atomic mass is 32.1. The molecule has 0 radical (unpaired) electrons. The van der Waals surface area contributed by atoms with Crippen LogP contribution in [0, 0.1) is 6.92 Å². The summed E-state index contributed by atoms with van der Waals surface area (Å²) < 4.78 is 0. The Hall–Kier alpha value is -1.52. The van der Waals surface area contributed by atoms with Gasteiger partial charge in [-0.15, -0.1) is 11.3 Å². The van der Waals surface area contributed by atoms with Crippen LogP contribution in [0.3, 0.4) is 0 Å². The normalized spacial score (nSPS) is 10.9. The first-order valence-corrected chi connectivity index (χ1v) is 7.16. The molecular formula is C15H18N2OS. The first kappa shape index (κ1) is 13.9. The van der Waals surface area contributed by atoms with Crippen molar-refractivity contribution in [1.82, 2.24) is 9.88 Å². The number of hydrogen-bond acceptors (Lipinski definition) is 4. The number of carbonyl (C=O) groups is 1. The molecule has 2 rings (SSSR count). The van der Waals surface area contributed by atoms with Gasteiger partial charge in [0.2, 0.25) is 0 Å². The Kier molecular flexibility index (Phi) is 4.82. The van der Waals surface area contributed by atoms with Crippen molar-refractivity contribution >= 4 is 17.1 Å². The van der Waals surface area contributed by atoms with Gasteiger partial charge in [0, 0.05) is 17.8 Å². The molecule has 0 fully saturated rings. The van der Waals surface area contributed by atoms with Crippen LogP contribution in [0.25, 0.3) is 0 Å². The van der Waals surface area contributed by atoms with E-state index in [0.717, 1.165) is 17.8 Å². The molecule has 0 saturated carbocycles. The molecule has 1 aromatic carbocycles. The Morgan fingerprint density at radius 2 is 2.05 bits per heavy atom. The minimum absolute atomic E-state index is 0.246. The van der Waals surface area contributed by atoms with Crippen molar-refractivity contribution in [3.05, 3.63) is 52.0 Å². The van der Waals surface area contributed by atoms with Gasteiger partial charge in [-0.25, -0.2) is 4.98 Å². The van der Waals surface area contributed by atoms with Gasteiger partial charge in [-0.2, -0.15) is 0 Å². The van der Waals surface area contributed by atoms with Gasteiger partial charge >= 0.3 is 0 Å². The maximum Gasteiger partial charge on any atom is 0.151 e. The summed E-state index contributed by atoms with van der Waals surface area (Å²) in [7, 11) is 1.97. The number of ketones is 1. The number of likely N-dealkylation sites (N-methyl/N-ethyl adjacent to an activating group) is 1. The van der Waals surface area contributed by atoms with Crippen LogP contribution in [0.15, 0.2) is 35.8 Å². The largest absolute Gasteiger partial charge is 0.298 e. The number of rotatable bonds is 6. The molecule has 2 aromatic rings. The zero-order chi connectivity index (χ0) is 13.7. The number of aromatic nitrogens is 1. The molecule has 0 amide bonds. The fraction of sp³-hybridized carbons (Fsp3) is 0.333. The third-order valence-electron chi connectivity index (χ3n) is 2.95. The average Bonchev–Trinajstić information content (AvgIpc) is 2.76. The highest BCUT2D eigenvalue weighted by Crippen LogP contribution is 2.14. The van der Waals surface area contributed by atoms with Crippen LogP contribution in [0.5, 0.6) is 0 Å². The number of thiazole rings is 1. The zero-order valence-electron chi connectivity index (χ0n) is 11.3. The molecule has 1 aromatic heterocycles. The topological polar surface area (TPSA) is 33.2 Å². The molecule has 100 valence electrons. The van der Waals surface area contributed by atoms with E-state index < -0.39 is 0 Å². The fourth-order valence-corrected chi connectivity index (χ4v) is 2.82. The molecule has 0 unspecified atom stereocenters. The lowest BCUT2D eigenvalue weighted by Gasteiger charge is -2.15. The molecule has 0 aliphatic heterocycles. The highest BCUT2D eigenvalue weighted by Gasteiger charge is 2.10. The number of Topliss-reactive ketones (excluding diaryl/α,β-unsaturated/α-hetero) is 1. The van der Waals surface area contributed by atoms with Gasteiger partial charge in [0.15, 0.2) is 5.78 Å². The number of hydrogen-bond donors (Lipinski definition) is 0. The van der Waals surface area contributed by atoms with Crippen LogP contribution >= 0.6 is 11.3 Å². The number of benzene rings is 1.